The van der Waals surface area contributed by atoms with Crippen LogP contribution >= 0.6 is 0 Å². The third-order valence-electron chi connectivity index (χ3n) is 3.84. The molecule has 4 rings (SSSR count). The minimum atomic E-state index is 0.681. The molecular formula is C17H15N. The molecule has 0 saturated heterocycles. The molecule has 2 aromatic rings. The predicted octanol–water partition coefficient (Wildman–Crippen LogP) is 2.54. The second-order valence-electron chi connectivity index (χ2n) is 5.15. The van der Waals surface area contributed by atoms with Gasteiger partial charge in [0.05, 0.1) is 0 Å². The molecule has 1 saturated carbocycles. The molecule has 1 aliphatic heterocycles. The first-order valence-electron chi connectivity index (χ1n) is 6.52. The van der Waals surface area contributed by atoms with Crippen molar-refractivity contribution in [2.45, 2.75) is 18.9 Å². The maximum absolute atomic E-state index is 4.16. The van der Waals surface area contributed by atoms with Crippen molar-refractivity contribution in [2.75, 3.05) is 4.90 Å². The van der Waals surface area contributed by atoms with Gasteiger partial charge in [-0.2, -0.15) is 0 Å². The lowest BCUT2D eigenvalue weighted by Crippen LogP contribution is -2.35. The standard InChI is InChI=1S/C17H15N/c1-12-5-4-8-17-15(12)11-13-6-2-3-7-16(13)18(17)14-9-10-14/h2-8,11,14H,1,9-10H2. The Hall–Kier alpha value is -2.02. The van der Waals surface area contributed by atoms with Crippen molar-refractivity contribution in [3.8, 4) is 0 Å². The number of rotatable bonds is 1. The van der Waals surface area contributed by atoms with E-state index in [9.17, 15) is 0 Å². The Kier molecular flexibility index (Phi) is 1.93. The lowest BCUT2D eigenvalue weighted by atomic mass is 10.0. The van der Waals surface area contributed by atoms with Gasteiger partial charge in [0.25, 0.3) is 0 Å². The Morgan fingerprint density at radius 2 is 1.72 bits per heavy atom. The van der Waals surface area contributed by atoms with Crippen LogP contribution in [0.1, 0.15) is 18.4 Å². The first-order valence-corrected chi connectivity index (χ1v) is 6.52. The minimum Gasteiger partial charge on any atom is -0.337 e. The van der Waals surface area contributed by atoms with Crippen molar-refractivity contribution < 1.29 is 0 Å². The van der Waals surface area contributed by atoms with Gasteiger partial charge in [-0.3, -0.25) is 0 Å². The normalized spacial score (nSPS) is 16.8. The molecule has 18 heavy (non-hydrogen) atoms. The van der Waals surface area contributed by atoms with Crippen LogP contribution < -0.4 is 15.3 Å². The molecule has 0 aromatic heterocycles. The van der Waals surface area contributed by atoms with Gasteiger partial charge < -0.3 is 4.90 Å². The van der Waals surface area contributed by atoms with Gasteiger partial charge in [0.2, 0.25) is 0 Å². The topological polar surface area (TPSA) is 3.24 Å². The third kappa shape index (κ3) is 1.34. The first kappa shape index (κ1) is 9.95. The van der Waals surface area contributed by atoms with Crippen molar-refractivity contribution in [3.05, 3.63) is 58.5 Å². The lowest BCUT2D eigenvalue weighted by molar-refractivity contribution is 0.957. The van der Waals surface area contributed by atoms with E-state index in [1.165, 1.54) is 35.0 Å². The second kappa shape index (κ2) is 3.49. The van der Waals surface area contributed by atoms with Gasteiger partial charge >= 0.3 is 0 Å². The SMILES string of the molecule is C=c1cccc2c1=Cc1ccccc1N2C1CC1. The van der Waals surface area contributed by atoms with Crippen LogP contribution in [-0.2, 0) is 0 Å². The minimum absolute atomic E-state index is 0.681. The Bertz CT molecular complexity index is 726. The number of benzene rings is 2. The maximum Gasteiger partial charge on any atom is 0.0493 e. The van der Waals surface area contributed by atoms with E-state index in [4.69, 9.17) is 0 Å². The fourth-order valence-corrected chi connectivity index (χ4v) is 2.82. The highest BCUT2D eigenvalue weighted by Crippen LogP contribution is 2.39. The smallest absolute Gasteiger partial charge is 0.0493 e. The summed E-state index contributed by atoms with van der Waals surface area (Å²) in [7, 11) is 0. The molecule has 1 aliphatic carbocycles. The lowest BCUT2D eigenvalue weighted by Gasteiger charge is -2.30. The van der Waals surface area contributed by atoms with Crippen LogP contribution in [0.15, 0.2) is 42.5 Å². The Labute approximate surface area is 107 Å². The molecule has 2 aromatic carbocycles. The van der Waals surface area contributed by atoms with Crippen LogP contribution in [0.2, 0.25) is 0 Å². The highest BCUT2D eigenvalue weighted by Gasteiger charge is 2.33. The van der Waals surface area contributed by atoms with Crippen molar-refractivity contribution >= 4 is 24.0 Å². The van der Waals surface area contributed by atoms with Crippen molar-refractivity contribution in [2.24, 2.45) is 0 Å². The van der Waals surface area contributed by atoms with Gasteiger partial charge in [-0.1, -0.05) is 36.9 Å². The summed E-state index contributed by atoms with van der Waals surface area (Å²) in [6.07, 6.45) is 4.87. The number of hydrogen-bond donors (Lipinski definition) is 0. The average molecular weight is 233 g/mol. The van der Waals surface area contributed by atoms with Gasteiger partial charge in [0.15, 0.2) is 0 Å². The summed E-state index contributed by atoms with van der Waals surface area (Å²) in [4.78, 5) is 2.50. The van der Waals surface area contributed by atoms with E-state index in [1.807, 2.05) is 0 Å². The number of fused-ring (bicyclic) bond motifs is 2. The van der Waals surface area contributed by atoms with E-state index in [2.05, 4.69) is 60.0 Å². The number of hydrogen-bond acceptors (Lipinski definition) is 1. The van der Waals surface area contributed by atoms with Crippen LogP contribution in [0.3, 0.4) is 0 Å². The molecule has 0 N–H and O–H groups in total. The zero-order chi connectivity index (χ0) is 12.1. The van der Waals surface area contributed by atoms with Crippen LogP contribution in [0.5, 0.6) is 0 Å². The quantitative estimate of drug-likeness (QED) is 0.731. The first-order chi connectivity index (χ1) is 8.84. The van der Waals surface area contributed by atoms with E-state index < -0.39 is 0 Å². The summed E-state index contributed by atoms with van der Waals surface area (Å²) >= 11 is 0. The summed E-state index contributed by atoms with van der Waals surface area (Å²) < 4.78 is 0. The van der Waals surface area contributed by atoms with Gasteiger partial charge in [0.1, 0.15) is 0 Å². The number of anilines is 2. The Morgan fingerprint density at radius 1 is 0.944 bits per heavy atom. The van der Waals surface area contributed by atoms with E-state index in [-0.39, 0.29) is 0 Å². The summed E-state index contributed by atoms with van der Waals surface area (Å²) in [5.41, 5.74) is 3.98. The molecule has 0 spiro atoms. The van der Waals surface area contributed by atoms with Crippen LogP contribution in [-0.4, -0.2) is 6.04 Å². The van der Waals surface area contributed by atoms with E-state index in [0.717, 1.165) is 5.22 Å². The van der Waals surface area contributed by atoms with Crippen LogP contribution in [0, 0.1) is 0 Å². The van der Waals surface area contributed by atoms with E-state index in [0.29, 0.717) is 6.04 Å². The van der Waals surface area contributed by atoms with Crippen molar-refractivity contribution in [1.82, 2.24) is 0 Å². The van der Waals surface area contributed by atoms with Gasteiger partial charge in [-0.05, 0) is 41.8 Å². The second-order valence-corrected chi connectivity index (χ2v) is 5.15. The summed E-state index contributed by atoms with van der Waals surface area (Å²) in [5, 5.41) is 2.40. The molecule has 0 unspecified atom stereocenters. The summed E-state index contributed by atoms with van der Waals surface area (Å²) in [6, 6.07) is 15.8. The molecule has 0 bridgehead atoms. The van der Waals surface area contributed by atoms with Crippen molar-refractivity contribution in [3.63, 3.8) is 0 Å². The van der Waals surface area contributed by atoms with Crippen LogP contribution in [0.4, 0.5) is 11.4 Å². The van der Waals surface area contributed by atoms with Gasteiger partial charge in [0, 0.05) is 22.6 Å². The molecule has 1 nitrogen and oxygen atoms in total. The van der Waals surface area contributed by atoms with Gasteiger partial charge in [-0.25, -0.2) is 0 Å². The Balaban J connectivity index is 2.10. The molecule has 1 heterocycles. The fraction of sp³-hybridized carbons (Fsp3) is 0.176. The molecule has 1 heteroatoms. The number of para-hydroxylation sites is 1. The molecular weight excluding hydrogens is 218 g/mol. The average Bonchev–Trinajstić information content (AvgIpc) is 3.21. The van der Waals surface area contributed by atoms with E-state index in [1.54, 1.807) is 0 Å². The highest BCUT2D eigenvalue weighted by molar-refractivity contribution is 5.81. The number of nitrogens with zero attached hydrogens (tertiary/aromatic N) is 1. The summed E-state index contributed by atoms with van der Waals surface area (Å²) in [6.45, 7) is 4.16. The molecule has 88 valence electrons. The van der Waals surface area contributed by atoms with Crippen LogP contribution in [0.25, 0.3) is 12.7 Å². The third-order valence-corrected chi connectivity index (χ3v) is 3.84. The maximum atomic E-state index is 4.16. The predicted molar refractivity (Wildman–Crippen MR) is 76.4 cm³/mol. The molecule has 0 radical (unpaired) electrons. The Morgan fingerprint density at radius 3 is 2.56 bits per heavy atom. The molecule has 0 amide bonds. The largest absolute Gasteiger partial charge is 0.337 e. The van der Waals surface area contributed by atoms with E-state index >= 15 is 0 Å². The van der Waals surface area contributed by atoms with Gasteiger partial charge in [-0.15, -0.1) is 0 Å². The highest BCUT2D eigenvalue weighted by atomic mass is 15.2. The monoisotopic (exact) mass is 233 g/mol. The zero-order valence-electron chi connectivity index (χ0n) is 10.3. The fourth-order valence-electron chi connectivity index (χ4n) is 2.82. The zero-order valence-corrected chi connectivity index (χ0v) is 10.3. The molecule has 0 atom stereocenters. The summed E-state index contributed by atoms with van der Waals surface area (Å²) in [5.74, 6) is 0. The molecule has 1 fully saturated rings. The molecule has 2 aliphatic rings. The van der Waals surface area contributed by atoms with Crippen molar-refractivity contribution in [1.29, 1.82) is 0 Å².